The number of hydrogen-bond donors (Lipinski definition) is 1. The van der Waals surface area contributed by atoms with Gasteiger partial charge in [0, 0.05) is 7.11 Å². The first kappa shape index (κ1) is 11.1. The summed E-state index contributed by atoms with van der Waals surface area (Å²) in [5, 5.41) is 0. The molecule has 0 spiro atoms. The maximum absolute atomic E-state index is 5.69. The lowest BCUT2D eigenvalue weighted by atomic mass is 9.97. The number of methoxy groups -OCH3 is 1. The summed E-state index contributed by atoms with van der Waals surface area (Å²) in [5.41, 5.74) is 6.41. The third kappa shape index (κ3) is 3.81. The third-order valence-corrected chi connectivity index (χ3v) is 1.72. The van der Waals surface area contributed by atoms with Crippen molar-refractivity contribution >= 4 is 13.3 Å². The van der Waals surface area contributed by atoms with Crippen molar-refractivity contribution in [3.8, 4) is 5.75 Å². The van der Waals surface area contributed by atoms with Crippen LogP contribution in [0, 0.1) is 0 Å². The quantitative estimate of drug-likeness (QED) is 0.657. The Morgan fingerprint density at radius 2 is 1.93 bits per heavy atom. The van der Waals surface area contributed by atoms with Gasteiger partial charge < -0.3 is 15.2 Å². The van der Waals surface area contributed by atoms with Crippen LogP contribution < -0.4 is 15.9 Å². The van der Waals surface area contributed by atoms with Crippen LogP contribution in [-0.4, -0.2) is 34.2 Å². The smallest absolute Gasteiger partial charge is 0.119 e. The summed E-state index contributed by atoms with van der Waals surface area (Å²) in [6.07, 6.45) is 0. The van der Waals surface area contributed by atoms with E-state index >= 15 is 0 Å². The molecule has 0 amide bonds. The molecule has 3 nitrogen and oxygen atoms in total. The predicted molar refractivity (Wildman–Crippen MR) is 57.2 cm³/mol. The molecule has 0 saturated heterocycles. The van der Waals surface area contributed by atoms with Crippen LogP contribution in [0.15, 0.2) is 24.3 Å². The zero-order valence-electron chi connectivity index (χ0n) is 8.27. The van der Waals surface area contributed by atoms with Crippen molar-refractivity contribution in [2.75, 3.05) is 20.3 Å². The van der Waals surface area contributed by atoms with Crippen molar-refractivity contribution in [3.63, 3.8) is 0 Å². The first-order chi connectivity index (χ1) is 6.72. The second-order valence-electron chi connectivity index (χ2n) is 3.10. The second-order valence-corrected chi connectivity index (χ2v) is 3.10. The van der Waals surface area contributed by atoms with Crippen molar-refractivity contribution in [2.45, 2.75) is 6.04 Å². The van der Waals surface area contributed by atoms with Gasteiger partial charge in [-0.25, -0.2) is 0 Å². The molecular formula is C10H14BNO2. The van der Waals surface area contributed by atoms with Crippen LogP contribution in [0.3, 0.4) is 0 Å². The maximum Gasteiger partial charge on any atom is 0.119 e. The highest BCUT2D eigenvalue weighted by Gasteiger charge is 2.02. The molecule has 4 heteroatoms. The van der Waals surface area contributed by atoms with E-state index in [9.17, 15) is 0 Å². The number of hydrogen-bond acceptors (Lipinski definition) is 3. The molecular weight excluding hydrogens is 177 g/mol. The molecule has 0 aromatic heterocycles. The van der Waals surface area contributed by atoms with Gasteiger partial charge >= 0.3 is 0 Å². The lowest BCUT2D eigenvalue weighted by molar-refractivity contribution is 0.152. The molecule has 0 heterocycles. The minimum absolute atomic E-state index is 0.0995. The summed E-state index contributed by atoms with van der Waals surface area (Å²) in [5.74, 6) is 0.769. The number of nitrogens with two attached hydrogens (primary N) is 1. The highest BCUT2D eigenvalue weighted by molar-refractivity contribution is 6.32. The highest BCUT2D eigenvalue weighted by Crippen LogP contribution is 2.06. The van der Waals surface area contributed by atoms with Crippen LogP contribution in [0.2, 0.25) is 0 Å². The normalized spacial score (nSPS) is 12.4. The van der Waals surface area contributed by atoms with E-state index in [1.54, 1.807) is 19.2 Å². The van der Waals surface area contributed by atoms with E-state index < -0.39 is 0 Å². The molecule has 0 aliphatic carbocycles. The van der Waals surface area contributed by atoms with E-state index in [0.29, 0.717) is 13.2 Å². The number of benzene rings is 1. The minimum atomic E-state index is -0.0995. The topological polar surface area (TPSA) is 44.5 Å². The fourth-order valence-corrected chi connectivity index (χ4v) is 1.03. The molecule has 1 atom stereocenters. The van der Waals surface area contributed by atoms with Crippen LogP contribution >= 0.6 is 0 Å². The van der Waals surface area contributed by atoms with Gasteiger partial charge in [-0.2, -0.15) is 0 Å². The minimum Gasteiger partial charge on any atom is -0.492 e. The van der Waals surface area contributed by atoms with Gasteiger partial charge in [-0.3, -0.25) is 0 Å². The van der Waals surface area contributed by atoms with Gasteiger partial charge in [0.25, 0.3) is 0 Å². The predicted octanol–water partition coefficient (Wildman–Crippen LogP) is -0.167. The molecule has 1 aromatic carbocycles. The molecule has 0 aliphatic rings. The molecule has 0 bridgehead atoms. The van der Waals surface area contributed by atoms with E-state index in [0.717, 1.165) is 11.2 Å². The molecule has 1 rings (SSSR count). The van der Waals surface area contributed by atoms with E-state index in [-0.39, 0.29) is 6.04 Å². The molecule has 1 aromatic rings. The lowest BCUT2D eigenvalue weighted by Gasteiger charge is -2.12. The summed E-state index contributed by atoms with van der Waals surface area (Å²) in [6.45, 7) is 0.937. The van der Waals surface area contributed by atoms with Gasteiger partial charge in [0.05, 0.1) is 12.6 Å². The zero-order valence-corrected chi connectivity index (χ0v) is 8.27. The van der Waals surface area contributed by atoms with Crippen molar-refractivity contribution in [3.05, 3.63) is 24.3 Å². The molecule has 1 unspecified atom stereocenters. The van der Waals surface area contributed by atoms with Gasteiger partial charge in [0.15, 0.2) is 0 Å². The van der Waals surface area contributed by atoms with Crippen LogP contribution in [0.1, 0.15) is 0 Å². The Kier molecular flexibility index (Phi) is 4.49. The van der Waals surface area contributed by atoms with E-state index in [1.165, 1.54) is 0 Å². The fourth-order valence-electron chi connectivity index (χ4n) is 1.03. The Morgan fingerprint density at radius 3 is 2.50 bits per heavy atom. The average molecular weight is 191 g/mol. The molecule has 0 saturated carbocycles. The SMILES string of the molecule is [B]c1ccc(OCC(N)COC)cc1. The van der Waals surface area contributed by atoms with Gasteiger partial charge in [-0.05, 0) is 12.1 Å². The van der Waals surface area contributed by atoms with Gasteiger partial charge in [-0.1, -0.05) is 17.6 Å². The summed E-state index contributed by atoms with van der Waals surface area (Å²) in [6, 6.07) is 7.11. The second kappa shape index (κ2) is 5.68. The first-order valence-corrected chi connectivity index (χ1v) is 4.45. The molecule has 2 N–H and O–H groups in total. The van der Waals surface area contributed by atoms with Crippen LogP contribution in [0.4, 0.5) is 0 Å². The molecule has 0 fully saturated rings. The zero-order chi connectivity index (χ0) is 10.4. The standard InChI is InChI=1S/C10H14BNO2/c1-13-6-9(12)7-14-10-4-2-8(11)3-5-10/h2-5,9H,6-7,12H2,1H3. The summed E-state index contributed by atoms with van der Waals surface area (Å²) >= 11 is 0. The largest absolute Gasteiger partial charge is 0.492 e. The van der Waals surface area contributed by atoms with Crippen LogP contribution in [0.5, 0.6) is 5.75 Å². The maximum atomic E-state index is 5.69. The fraction of sp³-hybridized carbons (Fsp3) is 0.400. The van der Waals surface area contributed by atoms with Gasteiger partial charge in [0.1, 0.15) is 20.2 Å². The Labute approximate surface area is 85.6 Å². The van der Waals surface area contributed by atoms with E-state index in [4.69, 9.17) is 23.1 Å². The summed E-state index contributed by atoms with van der Waals surface area (Å²) in [7, 11) is 7.14. The van der Waals surface area contributed by atoms with E-state index in [2.05, 4.69) is 0 Å². The van der Waals surface area contributed by atoms with Gasteiger partial charge in [0.2, 0.25) is 0 Å². The monoisotopic (exact) mass is 191 g/mol. The van der Waals surface area contributed by atoms with Crippen LogP contribution in [0.25, 0.3) is 0 Å². The Morgan fingerprint density at radius 1 is 1.29 bits per heavy atom. The third-order valence-electron chi connectivity index (χ3n) is 1.72. The van der Waals surface area contributed by atoms with Crippen molar-refractivity contribution in [1.29, 1.82) is 0 Å². The summed E-state index contributed by atoms with van der Waals surface area (Å²) < 4.78 is 10.3. The Bertz CT molecular complexity index is 263. The molecule has 14 heavy (non-hydrogen) atoms. The van der Waals surface area contributed by atoms with Crippen molar-refractivity contribution in [2.24, 2.45) is 5.73 Å². The highest BCUT2D eigenvalue weighted by atomic mass is 16.5. The number of rotatable bonds is 5. The average Bonchev–Trinajstić information content (AvgIpc) is 2.17. The van der Waals surface area contributed by atoms with Crippen LogP contribution in [-0.2, 0) is 4.74 Å². The molecule has 74 valence electrons. The molecule has 2 radical (unpaired) electrons. The van der Waals surface area contributed by atoms with Gasteiger partial charge in [-0.15, -0.1) is 0 Å². The van der Waals surface area contributed by atoms with Crippen molar-refractivity contribution < 1.29 is 9.47 Å². The lowest BCUT2D eigenvalue weighted by Crippen LogP contribution is -2.32. The number of ether oxygens (including phenoxy) is 2. The summed E-state index contributed by atoms with van der Waals surface area (Å²) in [4.78, 5) is 0. The Balaban J connectivity index is 2.34. The molecule has 0 aliphatic heterocycles. The van der Waals surface area contributed by atoms with Crippen molar-refractivity contribution in [1.82, 2.24) is 0 Å². The Hall–Kier alpha value is -0.995. The first-order valence-electron chi connectivity index (χ1n) is 4.45. The van der Waals surface area contributed by atoms with E-state index in [1.807, 2.05) is 12.1 Å².